The molecule has 6 nitrogen and oxygen atoms in total. The van der Waals surface area contributed by atoms with Crippen molar-refractivity contribution in [2.45, 2.75) is 32.1 Å². The van der Waals surface area contributed by atoms with E-state index in [4.69, 9.17) is 11.6 Å². The Bertz CT molecular complexity index is 1650. The predicted molar refractivity (Wildman–Crippen MR) is 142 cm³/mol. The molecule has 0 aliphatic heterocycles. The second-order valence-electron chi connectivity index (χ2n) is 9.80. The summed E-state index contributed by atoms with van der Waals surface area (Å²) in [5.74, 6) is -1.51. The largest absolute Gasteiger partial charge is 0.345 e. The van der Waals surface area contributed by atoms with Crippen LogP contribution in [0, 0.1) is 25.5 Å². The van der Waals surface area contributed by atoms with E-state index in [9.17, 15) is 14.0 Å². The van der Waals surface area contributed by atoms with E-state index in [1.54, 1.807) is 58.5 Å². The fourth-order valence-corrected chi connectivity index (χ4v) is 5.16. The highest BCUT2D eigenvalue weighted by atomic mass is 35.5. The van der Waals surface area contributed by atoms with Gasteiger partial charge in [0.05, 0.1) is 23.1 Å². The molecule has 1 amide bonds. The Labute approximate surface area is 223 Å². The van der Waals surface area contributed by atoms with Gasteiger partial charge in [-0.15, -0.1) is 0 Å². The van der Waals surface area contributed by atoms with Gasteiger partial charge in [-0.25, -0.2) is 8.78 Å². The van der Waals surface area contributed by atoms with Gasteiger partial charge < -0.3 is 4.90 Å². The Morgan fingerprint density at radius 1 is 1.08 bits per heavy atom. The Hall–Kier alpha value is -3.91. The zero-order valence-electron chi connectivity index (χ0n) is 21.3. The molecule has 3 heterocycles. The number of aromatic nitrogens is 3. The highest BCUT2D eigenvalue weighted by Crippen LogP contribution is 2.55. The van der Waals surface area contributed by atoms with Crippen LogP contribution < -0.4 is 5.56 Å². The van der Waals surface area contributed by atoms with Crippen LogP contribution in [-0.2, 0) is 0 Å². The van der Waals surface area contributed by atoms with E-state index in [2.05, 4.69) is 9.97 Å². The van der Waals surface area contributed by atoms with E-state index in [1.807, 2.05) is 6.07 Å². The smallest absolute Gasteiger partial charge is 0.274 e. The molecule has 9 heteroatoms. The Balaban J connectivity index is 1.55. The molecule has 0 radical (unpaired) electrons. The molecule has 38 heavy (non-hydrogen) atoms. The van der Waals surface area contributed by atoms with Gasteiger partial charge in [0.15, 0.2) is 0 Å². The van der Waals surface area contributed by atoms with E-state index >= 15 is 4.39 Å². The zero-order chi connectivity index (χ0) is 27.3. The lowest BCUT2D eigenvalue weighted by Crippen LogP contribution is -2.23. The molecule has 0 N–H and O–H groups in total. The van der Waals surface area contributed by atoms with Crippen LogP contribution in [0.2, 0.25) is 5.02 Å². The fraction of sp³-hybridized carbons (Fsp3) is 0.241. The summed E-state index contributed by atoms with van der Waals surface area (Å²) in [6, 6.07) is 9.53. The van der Waals surface area contributed by atoms with Crippen LogP contribution in [0.3, 0.4) is 0 Å². The first-order chi connectivity index (χ1) is 18.1. The maximum absolute atomic E-state index is 15.4. The van der Waals surface area contributed by atoms with Gasteiger partial charge in [-0.05, 0) is 79.1 Å². The van der Waals surface area contributed by atoms with Gasteiger partial charge in [0.1, 0.15) is 16.7 Å². The third-order valence-corrected chi connectivity index (χ3v) is 7.31. The third-order valence-electron chi connectivity index (χ3n) is 6.93. The lowest BCUT2D eigenvalue weighted by Gasteiger charge is -2.17. The molecule has 1 unspecified atom stereocenters. The Kier molecular flexibility index (Phi) is 6.61. The highest BCUT2D eigenvalue weighted by molar-refractivity contribution is 6.31. The van der Waals surface area contributed by atoms with Crippen LogP contribution in [0.4, 0.5) is 8.78 Å². The molecule has 0 bridgehead atoms. The summed E-state index contributed by atoms with van der Waals surface area (Å²) in [5, 5.41) is 0.0926. The number of aryl methyl sites for hydroxylation is 2. The SMILES string of the molecule is Cc1cnc(-c2cccc(C(=O)N(C)C)c2F)cc1-n1c(C)cc([C@@H]2CC2c2cncc(F)c2)c(Cl)c1=O. The number of carbonyl (C=O) groups is 1. The van der Waals surface area contributed by atoms with E-state index in [0.717, 1.165) is 18.2 Å². The standard InChI is InChI=1S/C29H25ClF2N4O2/c1-15-12-34-24(19-6-5-7-20(27(19)32)28(37)35(3)4)11-25(15)36-16(2)8-23(26(30)29(36)38)22-10-21(22)17-9-18(31)14-33-13-17/h5-9,11-14,21-22H,10H2,1-4H3/t21?,22-/m1/s1. The van der Waals surface area contributed by atoms with Gasteiger partial charge in [0, 0.05) is 37.7 Å². The van der Waals surface area contributed by atoms with Crippen molar-refractivity contribution >= 4 is 17.5 Å². The lowest BCUT2D eigenvalue weighted by molar-refractivity contribution is 0.0823. The molecule has 5 rings (SSSR count). The number of rotatable bonds is 5. The quantitative estimate of drug-likeness (QED) is 0.324. The van der Waals surface area contributed by atoms with Crippen LogP contribution in [-0.4, -0.2) is 39.4 Å². The molecule has 3 aromatic heterocycles. The first-order valence-electron chi connectivity index (χ1n) is 12.1. The minimum absolute atomic E-state index is 0.00711. The molecule has 194 valence electrons. The molecule has 4 aromatic rings. The third kappa shape index (κ3) is 4.49. The molecule has 1 aliphatic carbocycles. The number of halogens is 3. The van der Waals surface area contributed by atoms with Crippen LogP contribution in [0.15, 0.2) is 59.8 Å². The van der Waals surface area contributed by atoms with Gasteiger partial charge in [0.25, 0.3) is 11.5 Å². The summed E-state index contributed by atoms with van der Waals surface area (Å²) in [6.45, 7) is 3.61. The van der Waals surface area contributed by atoms with Gasteiger partial charge in [-0.2, -0.15) is 0 Å². The number of amides is 1. The topological polar surface area (TPSA) is 68.1 Å². The summed E-state index contributed by atoms with van der Waals surface area (Å²) in [6.07, 6.45) is 5.10. The van der Waals surface area contributed by atoms with Crippen molar-refractivity contribution in [2.24, 2.45) is 0 Å². The van der Waals surface area contributed by atoms with Gasteiger partial charge in [-0.1, -0.05) is 17.7 Å². The van der Waals surface area contributed by atoms with E-state index < -0.39 is 23.1 Å². The predicted octanol–water partition coefficient (Wildman–Crippen LogP) is 5.82. The van der Waals surface area contributed by atoms with Gasteiger partial charge in [0.2, 0.25) is 0 Å². The van der Waals surface area contributed by atoms with Crippen LogP contribution >= 0.6 is 11.6 Å². The first-order valence-corrected chi connectivity index (χ1v) is 12.5. The zero-order valence-corrected chi connectivity index (χ0v) is 22.1. The van der Waals surface area contributed by atoms with Gasteiger partial charge in [-0.3, -0.25) is 24.1 Å². The van der Waals surface area contributed by atoms with Crippen LogP contribution in [0.5, 0.6) is 0 Å². The summed E-state index contributed by atoms with van der Waals surface area (Å²) < 4.78 is 30.5. The van der Waals surface area contributed by atoms with Crippen LogP contribution in [0.1, 0.15) is 51.0 Å². The number of hydrogen-bond donors (Lipinski definition) is 0. The molecular weight excluding hydrogens is 510 g/mol. The van der Waals surface area contributed by atoms with Crippen molar-refractivity contribution in [2.75, 3.05) is 14.1 Å². The monoisotopic (exact) mass is 534 g/mol. The van der Waals surface area contributed by atoms with Crippen molar-refractivity contribution in [1.29, 1.82) is 0 Å². The minimum Gasteiger partial charge on any atom is -0.345 e. The normalized spacial score (nSPS) is 16.4. The molecular formula is C29H25ClF2N4O2. The fourth-order valence-electron chi connectivity index (χ4n) is 4.88. The molecule has 1 fully saturated rings. The number of benzene rings is 1. The Morgan fingerprint density at radius 2 is 1.84 bits per heavy atom. The second kappa shape index (κ2) is 9.76. The molecule has 1 aromatic carbocycles. The maximum Gasteiger partial charge on any atom is 0.274 e. The highest BCUT2D eigenvalue weighted by Gasteiger charge is 2.42. The number of hydrogen-bond acceptors (Lipinski definition) is 4. The van der Waals surface area contributed by atoms with Crippen molar-refractivity contribution in [3.63, 3.8) is 0 Å². The first kappa shape index (κ1) is 25.7. The van der Waals surface area contributed by atoms with Crippen molar-refractivity contribution in [3.8, 4) is 16.9 Å². The summed E-state index contributed by atoms with van der Waals surface area (Å²) in [4.78, 5) is 35.6. The minimum atomic E-state index is -0.683. The average molecular weight is 535 g/mol. The average Bonchev–Trinajstić information content (AvgIpc) is 3.68. The number of carbonyl (C=O) groups excluding carboxylic acids is 1. The van der Waals surface area contributed by atoms with E-state index in [1.165, 1.54) is 21.6 Å². The lowest BCUT2D eigenvalue weighted by atomic mass is 10.0. The summed E-state index contributed by atoms with van der Waals surface area (Å²) in [5.41, 5.74) is 3.31. The van der Waals surface area contributed by atoms with Crippen molar-refractivity contribution in [1.82, 2.24) is 19.4 Å². The number of pyridine rings is 3. The summed E-state index contributed by atoms with van der Waals surface area (Å²) >= 11 is 6.62. The molecule has 1 saturated carbocycles. The van der Waals surface area contributed by atoms with Crippen molar-refractivity contribution in [3.05, 3.63) is 110 Å². The number of nitrogens with zero attached hydrogens (tertiary/aromatic N) is 4. The maximum atomic E-state index is 15.4. The second-order valence-corrected chi connectivity index (χ2v) is 10.2. The molecule has 0 saturated heterocycles. The molecule has 2 atom stereocenters. The van der Waals surface area contributed by atoms with E-state index in [0.29, 0.717) is 22.5 Å². The Morgan fingerprint density at radius 3 is 2.55 bits per heavy atom. The molecule has 1 aliphatic rings. The van der Waals surface area contributed by atoms with Crippen LogP contribution in [0.25, 0.3) is 16.9 Å². The molecule has 0 spiro atoms. The van der Waals surface area contributed by atoms with Crippen molar-refractivity contribution < 1.29 is 13.6 Å². The van der Waals surface area contributed by atoms with E-state index in [-0.39, 0.29) is 33.7 Å². The summed E-state index contributed by atoms with van der Waals surface area (Å²) in [7, 11) is 3.11. The van der Waals surface area contributed by atoms with Gasteiger partial charge >= 0.3 is 0 Å².